The second-order valence-electron chi connectivity index (χ2n) is 4.19. The van der Waals surface area contributed by atoms with E-state index < -0.39 is 5.54 Å². The second kappa shape index (κ2) is 4.47. The van der Waals surface area contributed by atoms with Crippen molar-refractivity contribution in [1.82, 2.24) is 0 Å². The molecule has 0 bridgehead atoms. The predicted octanol–water partition coefficient (Wildman–Crippen LogP) is 3.70. The highest BCUT2D eigenvalue weighted by molar-refractivity contribution is 6.31. The third-order valence-electron chi connectivity index (χ3n) is 2.86. The van der Waals surface area contributed by atoms with Crippen LogP contribution in [-0.2, 0) is 5.54 Å². The lowest BCUT2D eigenvalue weighted by Gasteiger charge is -2.27. The first-order chi connectivity index (χ1) is 8.01. The standard InChI is InChI=1S/C14H13ClFN/c1-14(17,10-5-4-6-11(16)9-10)12-7-2-3-8-13(12)15/h2-9H,17H2,1H3. The van der Waals surface area contributed by atoms with Crippen molar-refractivity contribution in [2.45, 2.75) is 12.5 Å². The Labute approximate surface area is 105 Å². The summed E-state index contributed by atoms with van der Waals surface area (Å²) in [4.78, 5) is 0. The van der Waals surface area contributed by atoms with E-state index in [1.54, 1.807) is 18.2 Å². The molecule has 0 saturated heterocycles. The largest absolute Gasteiger partial charge is 0.318 e. The van der Waals surface area contributed by atoms with Crippen LogP contribution in [0, 0.1) is 5.82 Å². The summed E-state index contributed by atoms with van der Waals surface area (Å²) >= 11 is 6.12. The molecule has 1 nitrogen and oxygen atoms in total. The van der Waals surface area contributed by atoms with Gasteiger partial charge in [0, 0.05) is 5.02 Å². The van der Waals surface area contributed by atoms with Crippen molar-refractivity contribution < 1.29 is 4.39 Å². The van der Waals surface area contributed by atoms with Crippen molar-refractivity contribution in [3.63, 3.8) is 0 Å². The highest BCUT2D eigenvalue weighted by Gasteiger charge is 2.26. The van der Waals surface area contributed by atoms with Gasteiger partial charge in [-0.2, -0.15) is 0 Å². The summed E-state index contributed by atoms with van der Waals surface area (Å²) in [6.45, 7) is 1.82. The molecular weight excluding hydrogens is 237 g/mol. The van der Waals surface area contributed by atoms with Gasteiger partial charge in [-0.05, 0) is 36.2 Å². The van der Waals surface area contributed by atoms with Gasteiger partial charge in [0.05, 0.1) is 5.54 Å². The third-order valence-corrected chi connectivity index (χ3v) is 3.19. The van der Waals surface area contributed by atoms with Crippen molar-refractivity contribution in [2.75, 3.05) is 0 Å². The summed E-state index contributed by atoms with van der Waals surface area (Å²) in [6.07, 6.45) is 0. The number of hydrogen-bond donors (Lipinski definition) is 1. The molecule has 17 heavy (non-hydrogen) atoms. The molecule has 0 aliphatic heterocycles. The van der Waals surface area contributed by atoms with Gasteiger partial charge in [-0.3, -0.25) is 0 Å². The molecular formula is C14H13ClFN. The second-order valence-corrected chi connectivity index (χ2v) is 4.60. The Balaban J connectivity index is 2.53. The Morgan fingerprint density at radius 3 is 2.47 bits per heavy atom. The molecule has 0 aromatic heterocycles. The number of nitrogens with two attached hydrogens (primary N) is 1. The smallest absolute Gasteiger partial charge is 0.123 e. The van der Waals surface area contributed by atoms with Gasteiger partial charge in [0.2, 0.25) is 0 Å². The minimum absolute atomic E-state index is 0.300. The van der Waals surface area contributed by atoms with E-state index in [2.05, 4.69) is 0 Å². The highest BCUT2D eigenvalue weighted by Crippen LogP contribution is 2.31. The fourth-order valence-corrected chi connectivity index (χ4v) is 2.18. The van der Waals surface area contributed by atoms with Crippen molar-refractivity contribution in [1.29, 1.82) is 0 Å². The van der Waals surface area contributed by atoms with Gasteiger partial charge in [0.15, 0.2) is 0 Å². The molecule has 88 valence electrons. The van der Waals surface area contributed by atoms with Crippen LogP contribution in [0.15, 0.2) is 48.5 Å². The Morgan fingerprint density at radius 1 is 1.12 bits per heavy atom. The third kappa shape index (κ3) is 2.33. The average molecular weight is 250 g/mol. The van der Waals surface area contributed by atoms with E-state index in [9.17, 15) is 4.39 Å². The predicted molar refractivity (Wildman–Crippen MR) is 68.5 cm³/mol. The van der Waals surface area contributed by atoms with Crippen molar-refractivity contribution in [3.8, 4) is 0 Å². The molecule has 0 amide bonds. The normalized spacial score (nSPS) is 14.4. The zero-order chi connectivity index (χ0) is 12.5. The van der Waals surface area contributed by atoms with Gasteiger partial charge in [-0.25, -0.2) is 4.39 Å². The van der Waals surface area contributed by atoms with E-state index in [-0.39, 0.29) is 5.82 Å². The summed E-state index contributed by atoms with van der Waals surface area (Å²) in [5, 5.41) is 0.585. The van der Waals surface area contributed by atoms with Crippen LogP contribution >= 0.6 is 11.6 Å². The maximum Gasteiger partial charge on any atom is 0.123 e. The number of rotatable bonds is 2. The molecule has 0 spiro atoms. The minimum atomic E-state index is -0.805. The number of benzene rings is 2. The van der Waals surface area contributed by atoms with Crippen LogP contribution in [0.2, 0.25) is 5.02 Å². The van der Waals surface area contributed by atoms with Crippen molar-refractivity contribution >= 4 is 11.6 Å². The highest BCUT2D eigenvalue weighted by atomic mass is 35.5. The van der Waals surface area contributed by atoms with Crippen molar-refractivity contribution in [3.05, 3.63) is 70.5 Å². The minimum Gasteiger partial charge on any atom is -0.318 e. The molecule has 1 unspecified atom stereocenters. The van der Waals surface area contributed by atoms with Crippen molar-refractivity contribution in [2.24, 2.45) is 5.73 Å². The van der Waals surface area contributed by atoms with Gasteiger partial charge in [-0.1, -0.05) is 41.9 Å². The van der Waals surface area contributed by atoms with E-state index in [1.165, 1.54) is 12.1 Å². The van der Waals surface area contributed by atoms with Gasteiger partial charge < -0.3 is 5.73 Å². The first-order valence-electron chi connectivity index (χ1n) is 5.32. The fourth-order valence-electron chi connectivity index (χ4n) is 1.85. The molecule has 3 heteroatoms. The van der Waals surface area contributed by atoms with Crippen LogP contribution in [0.25, 0.3) is 0 Å². The number of hydrogen-bond acceptors (Lipinski definition) is 1. The van der Waals surface area contributed by atoms with Crippen LogP contribution in [0.5, 0.6) is 0 Å². The summed E-state index contributed by atoms with van der Waals surface area (Å²) in [6, 6.07) is 13.6. The molecule has 2 rings (SSSR count). The summed E-state index contributed by atoms with van der Waals surface area (Å²) in [5.74, 6) is -0.300. The maximum absolute atomic E-state index is 13.2. The van der Waals surface area contributed by atoms with Crippen LogP contribution in [-0.4, -0.2) is 0 Å². The van der Waals surface area contributed by atoms with Crippen LogP contribution < -0.4 is 5.73 Å². The zero-order valence-corrected chi connectivity index (χ0v) is 10.2. The SMILES string of the molecule is CC(N)(c1cccc(F)c1)c1ccccc1Cl. The molecule has 0 aliphatic carbocycles. The van der Waals surface area contributed by atoms with Crippen LogP contribution in [0.3, 0.4) is 0 Å². The quantitative estimate of drug-likeness (QED) is 0.863. The molecule has 0 saturated carbocycles. The fraction of sp³-hybridized carbons (Fsp3) is 0.143. The van der Waals surface area contributed by atoms with E-state index in [0.29, 0.717) is 10.6 Å². The Bertz CT molecular complexity index is 537. The lowest BCUT2D eigenvalue weighted by Crippen LogP contribution is -2.34. The van der Waals surface area contributed by atoms with E-state index in [0.717, 1.165) is 5.56 Å². The summed E-state index contributed by atoms with van der Waals surface area (Å²) in [5.41, 5.74) is 6.96. The Kier molecular flexibility index (Phi) is 3.18. The molecule has 0 radical (unpaired) electrons. The molecule has 2 aromatic carbocycles. The molecule has 0 fully saturated rings. The van der Waals surface area contributed by atoms with Gasteiger partial charge in [0.1, 0.15) is 5.82 Å². The van der Waals surface area contributed by atoms with Crippen LogP contribution in [0.1, 0.15) is 18.1 Å². The first kappa shape index (κ1) is 12.1. The van der Waals surface area contributed by atoms with E-state index >= 15 is 0 Å². The number of halogens is 2. The maximum atomic E-state index is 13.2. The molecule has 0 heterocycles. The van der Waals surface area contributed by atoms with Gasteiger partial charge >= 0.3 is 0 Å². The first-order valence-corrected chi connectivity index (χ1v) is 5.69. The topological polar surface area (TPSA) is 26.0 Å². The Hall–Kier alpha value is -1.38. The average Bonchev–Trinajstić information content (AvgIpc) is 2.29. The summed E-state index contributed by atoms with van der Waals surface area (Å²) < 4.78 is 13.2. The van der Waals surface area contributed by atoms with E-state index in [4.69, 9.17) is 17.3 Å². The lowest BCUT2D eigenvalue weighted by molar-refractivity contribution is 0.582. The monoisotopic (exact) mass is 249 g/mol. The molecule has 2 N–H and O–H groups in total. The van der Waals surface area contributed by atoms with Crippen LogP contribution in [0.4, 0.5) is 4.39 Å². The lowest BCUT2D eigenvalue weighted by atomic mass is 9.85. The van der Waals surface area contributed by atoms with E-state index in [1.807, 2.05) is 25.1 Å². The van der Waals surface area contributed by atoms with Gasteiger partial charge in [-0.15, -0.1) is 0 Å². The zero-order valence-electron chi connectivity index (χ0n) is 9.45. The molecule has 1 atom stereocenters. The van der Waals surface area contributed by atoms with Gasteiger partial charge in [0.25, 0.3) is 0 Å². The summed E-state index contributed by atoms with van der Waals surface area (Å²) in [7, 11) is 0. The molecule has 2 aromatic rings. The Morgan fingerprint density at radius 2 is 1.82 bits per heavy atom. The molecule has 0 aliphatic rings.